The number of aryl methyl sites for hydroxylation is 2. The number of methoxy groups -OCH3 is 1. The van der Waals surface area contributed by atoms with Gasteiger partial charge in [-0.3, -0.25) is 0 Å². The minimum Gasteiger partial charge on any atom is -0.497 e. The summed E-state index contributed by atoms with van der Waals surface area (Å²) in [5.74, 6) is 0.712. The van der Waals surface area contributed by atoms with Crippen LogP contribution in [0.5, 0.6) is 5.75 Å². The average molecular weight is 390 g/mol. The van der Waals surface area contributed by atoms with Crippen molar-refractivity contribution in [3.05, 3.63) is 46.4 Å². The summed E-state index contributed by atoms with van der Waals surface area (Å²) in [4.78, 5) is 4.69. The molecule has 2 aromatic heterocycles. The molecule has 0 aliphatic heterocycles. The van der Waals surface area contributed by atoms with Gasteiger partial charge in [0.05, 0.1) is 30.6 Å². The highest BCUT2D eigenvalue weighted by molar-refractivity contribution is 5.82. The number of fused-ring (bicyclic) bond motifs is 2. The van der Waals surface area contributed by atoms with Crippen molar-refractivity contribution >= 4 is 5.65 Å². The van der Waals surface area contributed by atoms with E-state index in [-0.39, 0.29) is 11.7 Å². The lowest BCUT2D eigenvalue weighted by molar-refractivity contribution is -0.128. The Kier molecular flexibility index (Phi) is 4.33. The number of alkyl halides is 3. The van der Waals surface area contributed by atoms with Gasteiger partial charge >= 0.3 is 6.18 Å². The van der Waals surface area contributed by atoms with Gasteiger partial charge in [0.25, 0.3) is 0 Å². The summed E-state index contributed by atoms with van der Waals surface area (Å²) in [6.45, 7) is 3.71. The third kappa shape index (κ3) is 3.01. The SMILES string of the molecule is COc1ccc(-c2c(C)nn3c(CC(F)(F)F)c4c(nc23)C(N)CC4)c(C)c1. The van der Waals surface area contributed by atoms with Crippen molar-refractivity contribution in [1.29, 1.82) is 0 Å². The van der Waals surface area contributed by atoms with Crippen molar-refractivity contribution in [2.45, 2.75) is 45.3 Å². The van der Waals surface area contributed by atoms with E-state index in [0.717, 1.165) is 16.7 Å². The number of benzene rings is 1. The monoisotopic (exact) mass is 390 g/mol. The molecule has 1 aliphatic rings. The van der Waals surface area contributed by atoms with E-state index >= 15 is 0 Å². The van der Waals surface area contributed by atoms with E-state index in [1.807, 2.05) is 25.1 Å². The van der Waals surface area contributed by atoms with Gasteiger partial charge in [-0.05, 0) is 55.5 Å². The Balaban J connectivity index is 2.01. The summed E-state index contributed by atoms with van der Waals surface area (Å²) < 4.78 is 46.5. The molecule has 0 fully saturated rings. The van der Waals surface area contributed by atoms with Gasteiger partial charge in [0, 0.05) is 11.6 Å². The number of hydrogen-bond acceptors (Lipinski definition) is 4. The molecule has 1 aliphatic carbocycles. The van der Waals surface area contributed by atoms with E-state index < -0.39 is 12.6 Å². The first-order chi connectivity index (χ1) is 13.2. The highest BCUT2D eigenvalue weighted by Crippen LogP contribution is 2.38. The Morgan fingerprint density at radius 2 is 2.04 bits per heavy atom. The second kappa shape index (κ2) is 6.48. The first-order valence-electron chi connectivity index (χ1n) is 9.08. The van der Waals surface area contributed by atoms with Crippen LogP contribution in [-0.2, 0) is 12.8 Å². The number of hydrogen-bond donors (Lipinski definition) is 1. The number of aromatic nitrogens is 3. The Hall–Kier alpha value is -2.61. The van der Waals surface area contributed by atoms with Crippen LogP contribution in [0, 0.1) is 13.8 Å². The van der Waals surface area contributed by atoms with Crippen LogP contribution in [0.4, 0.5) is 13.2 Å². The minimum absolute atomic E-state index is 0.140. The molecular weight excluding hydrogens is 369 g/mol. The maximum Gasteiger partial charge on any atom is 0.394 e. The van der Waals surface area contributed by atoms with Gasteiger partial charge < -0.3 is 10.5 Å². The lowest BCUT2D eigenvalue weighted by Crippen LogP contribution is -2.19. The minimum atomic E-state index is -4.34. The smallest absolute Gasteiger partial charge is 0.394 e. The van der Waals surface area contributed by atoms with Gasteiger partial charge in [-0.15, -0.1) is 0 Å². The normalized spacial score (nSPS) is 16.6. The van der Waals surface area contributed by atoms with Gasteiger partial charge in [-0.2, -0.15) is 18.3 Å². The van der Waals surface area contributed by atoms with Gasteiger partial charge in [-0.25, -0.2) is 9.50 Å². The summed E-state index contributed by atoms with van der Waals surface area (Å²) >= 11 is 0. The van der Waals surface area contributed by atoms with Crippen LogP contribution in [0.2, 0.25) is 0 Å². The molecule has 0 spiro atoms. The van der Waals surface area contributed by atoms with Crippen molar-refractivity contribution in [2.75, 3.05) is 7.11 Å². The number of halogens is 3. The number of nitrogens with zero attached hydrogens (tertiary/aromatic N) is 3. The molecule has 5 nitrogen and oxygen atoms in total. The summed E-state index contributed by atoms with van der Waals surface area (Å²) in [5.41, 5.74) is 11.0. The fraction of sp³-hybridized carbons (Fsp3) is 0.400. The van der Waals surface area contributed by atoms with Gasteiger partial charge in [-0.1, -0.05) is 6.07 Å². The largest absolute Gasteiger partial charge is 0.497 e. The Morgan fingerprint density at radius 3 is 2.68 bits per heavy atom. The summed E-state index contributed by atoms with van der Waals surface area (Å²) in [6.07, 6.45) is -4.31. The molecule has 1 atom stereocenters. The maximum atomic E-state index is 13.3. The van der Waals surface area contributed by atoms with Crippen LogP contribution in [0.1, 0.15) is 40.7 Å². The molecule has 0 saturated heterocycles. The Morgan fingerprint density at radius 1 is 1.29 bits per heavy atom. The topological polar surface area (TPSA) is 65.4 Å². The standard InChI is InChI=1S/C20H21F3N4O/c1-10-8-12(28-3)4-5-13(10)17-11(2)26-27-16(9-20(21,22)23)14-6-7-15(24)18(14)25-19(17)27/h4-5,8,15H,6-7,9,24H2,1-3H3. The zero-order valence-electron chi connectivity index (χ0n) is 15.9. The molecule has 2 N–H and O–H groups in total. The molecule has 1 aromatic carbocycles. The lowest BCUT2D eigenvalue weighted by atomic mass is 10.00. The third-order valence-corrected chi connectivity index (χ3v) is 5.30. The number of nitrogens with two attached hydrogens (primary N) is 1. The van der Waals surface area contributed by atoms with Crippen molar-refractivity contribution in [2.24, 2.45) is 5.73 Å². The first kappa shape index (κ1) is 18.7. The fourth-order valence-corrected chi connectivity index (χ4v) is 4.01. The molecule has 148 valence electrons. The molecule has 0 radical (unpaired) electrons. The van der Waals surface area contributed by atoms with E-state index in [4.69, 9.17) is 10.5 Å². The van der Waals surface area contributed by atoms with Crippen molar-refractivity contribution in [1.82, 2.24) is 14.6 Å². The molecule has 0 saturated carbocycles. The maximum absolute atomic E-state index is 13.3. The highest BCUT2D eigenvalue weighted by atomic mass is 19.4. The molecule has 1 unspecified atom stereocenters. The Labute approximate surface area is 160 Å². The molecule has 2 heterocycles. The predicted octanol–water partition coefficient (Wildman–Crippen LogP) is 4.07. The molecule has 0 amide bonds. The molecule has 3 aromatic rings. The second-order valence-electron chi connectivity index (χ2n) is 7.24. The van der Waals surface area contributed by atoms with Crippen molar-refractivity contribution < 1.29 is 17.9 Å². The molecule has 0 bridgehead atoms. The lowest BCUT2D eigenvalue weighted by Gasteiger charge is -2.14. The zero-order valence-corrected chi connectivity index (χ0v) is 15.9. The van der Waals surface area contributed by atoms with Crippen LogP contribution < -0.4 is 10.5 Å². The van der Waals surface area contributed by atoms with E-state index in [1.165, 1.54) is 4.52 Å². The van der Waals surface area contributed by atoms with Crippen LogP contribution in [0.25, 0.3) is 16.8 Å². The quantitative estimate of drug-likeness (QED) is 0.732. The fourth-order valence-electron chi connectivity index (χ4n) is 4.01. The zero-order chi connectivity index (χ0) is 20.2. The van der Waals surface area contributed by atoms with E-state index in [1.54, 1.807) is 14.0 Å². The van der Waals surface area contributed by atoms with Crippen molar-refractivity contribution in [3.8, 4) is 16.9 Å². The molecule has 4 rings (SSSR count). The van der Waals surface area contributed by atoms with Gasteiger partial charge in [0.15, 0.2) is 5.65 Å². The summed E-state index contributed by atoms with van der Waals surface area (Å²) in [5, 5.41) is 4.44. The van der Waals surface area contributed by atoms with Crippen LogP contribution >= 0.6 is 0 Å². The van der Waals surface area contributed by atoms with Crippen LogP contribution in [0.3, 0.4) is 0 Å². The molecule has 28 heavy (non-hydrogen) atoms. The van der Waals surface area contributed by atoms with Crippen LogP contribution in [0.15, 0.2) is 18.2 Å². The summed E-state index contributed by atoms with van der Waals surface area (Å²) in [7, 11) is 1.59. The van der Waals surface area contributed by atoms with E-state index in [0.29, 0.717) is 41.2 Å². The van der Waals surface area contributed by atoms with E-state index in [2.05, 4.69) is 10.1 Å². The van der Waals surface area contributed by atoms with Crippen LogP contribution in [-0.4, -0.2) is 27.9 Å². The van der Waals surface area contributed by atoms with Gasteiger partial charge in [0.2, 0.25) is 0 Å². The van der Waals surface area contributed by atoms with Gasteiger partial charge in [0.1, 0.15) is 5.75 Å². The first-order valence-corrected chi connectivity index (χ1v) is 9.08. The molecular formula is C20H21F3N4O. The highest BCUT2D eigenvalue weighted by Gasteiger charge is 2.35. The van der Waals surface area contributed by atoms with E-state index in [9.17, 15) is 13.2 Å². The summed E-state index contributed by atoms with van der Waals surface area (Å²) in [6, 6.07) is 5.23. The number of rotatable bonds is 3. The molecule has 8 heteroatoms. The second-order valence-corrected chi connectivity index (χ2v) is 7.24. The average Bonchev–Trinajstić information content (AvgIpc) is 3.14. The predicted molar refractivity (Wildman–Crippen MR) is 99.5 cm³/mol. The number of ether oxygens (including phenoxy) is 1. The Bertz CT molecular complexity index is 1070. The van der Waals surface area contributed by atoms with Crippen molar-refractivity contribution in [3.63, 3.8) is 0 Å². The third-order valence-electron chi connectivity index (χ3n) is 5.30.